The molecule has 0 unspecified atom stereocenters. The average molecular weight is 370 g/mol. The molecule has 4 rings (SSSR count). The summed E-state index contributed by atoms with van der Waals surface area (Å²) in [5.74, 6) is 2.53. The molecular weight excluding hydrogens is 348 g/mol. The Kier molecular flexibility index (Phi) is 5.24. The van der Waals surface area contributed by atoms with Gasteiger partial charge in [0, 0.05) is 43.8 Å². The molecule has 0 saturated carbocycles. The van der Waals surface area contributed by atoms with Crippen molar-refractivity contribution < 1.29 is 9.21 Å². The van der Waals surface area contributed by atoms with Gasteiger partial charge in [0.15, 0.2) is 16.8 Å². The molecule has 0 spiro atoms. The number of hydrogen-bond donors (Lipinski definition) is 1. The van der Waals surface area contributed by atoms with E-state index in [-0.39, 0.29) is 11.9 Å². The summed E-state index contributed by atoms with van der Waals surface area (Å²) < 4.78 is 5.74. The first-order chi connectivity index (χ1) is 12.8. The van der Waals surface area contributed by atoms with Crippen molar-refractivity contribution in [1.29, 1.82) is 0 Å². The summed E-state index contributed by atoms with van der Waals surface area (Å²) in [6.45, 7) is 2.64. The van der Waals surface area contributed by atoms with Crippen LogP contribution in [0.1, 0.15) is 18.7 Å². The Bertz CT molecular complexity index is 784. The maximum Gasteiger partial charge on any atom is 0.220 e. The summed E-state index contributed by atoms with van der Waals surface area (Å²) in [5.41, 5.74) is 0.994. The van der Waals surface area contributed by atoms with Gasteiger partial charge in [-0.2, -0.15) is 0 Å². The highest BCUT2D eigenvalue weighted by molar-refractivity contribution is 8.13. The highest BCUT2D eigenvalue weighted by Crippen LogP contribution is 2.22. The van der Waals surface area contributed by atoms with Crippen molar-refractivity contribution >= 4 is 22.8 Å². The van der Waals surface area contributed by atoms with Crippen molar-refractivity contribution in [3.8, 4) is 11.3 Å². The van der Waals surface area contributed by atoms with Crippen LogP contribution in [0.3, 0.4) is 0 Å². The molecule has 1 aromatic heterocycles. The number of oxazole rings is 1. The van der Waals surface area contributed by atoms with Gasteiger partial charge in [0.25, 0.3) is 0 Å². The van der Waals surface area contributed by atoms with Gasteiger partial charge in [0.2, 0.25) is 5.91 Å². The van der Waals surface area contributed by atoms with E-state index in [1.54, 1.807) is 6.20 Å². The number of carbonyl (C=O) groups excluding carboxylic acids is 1. The highest BCUT2D eigenvalue weighted by Gasteiger charge is 2.31. The first-order valence-corrected chi connectivity index (χ1v) is 9.98. The fourth-order valence-corrected chi connectivity index (χ4v) is 4.02. The molecule has 0 bridgehead atoms. The van der Waals surface area contributed by atoms with Crippen LogP contribution in [-0.4, -0.2) is 52.4 Å². The maximum absolute atomic E-state index is 12.1. The summed E-state index contributed by atoms with van der Waals surface area (Å²) in [4.78, 5) is 23.2. The second-order valence-electron chi connectivity index (χ2n) is 6.52. The van der Waals surface area contributed by atoms with Gasteiger partial charge < -0.3 is 14.6 Å². The number of hydrogen-bond acceptors (Lipinski definition) is 6. The predicted octanol–water partition coefficient (Wildman–Crippen LogP) is 2.57. The monoisotopic (exact) mass is 370 g/mol. The Hall–Kier alpha value is -2.28. The first kappa shape index (κ1) is 17.1. The van der Waals surface area contributed by atoms with Gasteiger partial charge in [-0.15, -0.1) is 0 Å². The topological polar surface area (TPSA) is 70.7 Å². The van der Waals surface area contributed by atoms with Crippen LogP contribution in [0.5, 0.6) is 0 Å². The summed E-state index contributed by atoms with van der Waals surface area (Å²) >= 11 is 1.82. The molecule has 1 aromatic carbocycles. The van der Waals surface area contributed by atoms with E-state index in [2.05, 4.69) is 20.2 Å². The molecule has 136 valence electrons. The van der Waals surface area contributed by atoms with Gasteiger partial charge in [0.1, 0.15) is 0 Å². The number of thioether (sulfide) groups is 1. The predicted molar refractivity (Wildman–Crippen MR) is 103 cm³/mol. The third-order valence-corrected chi connectivity index (χ3v) is 5.61. The minimum Gasteiger partial charge on any atom is -0.441 e. The van der Waals surface area contributed by atoms with Crippen LogP contribution in [-0.2, 0) is 11.2 Å². The van der Waals surface area contributed by atoms with Crippen LogP contribution in [0, 0.1) is 0 Å². The van der Waals surface area contributed by atoms with Gasteiger partial charge in [-0.1, -0.05) is 42.1 Å². The summed E-state index contributed by atoms with van der Waals surface area (Å²) in [7, 11) is 0. The molecule has 3 heterocycles. The molecule has 1 saturated heterocycles. The molecule has 26 heavy (non-hydrogen) atoms. The van der Waals surface area contributed by atoms with Crippen LogP contribution in [0.2, 0.25) is 0 Å². The molecule has 1 amide bonds. The van der Waals surface area contributed by atoms with Crippen molar-refractivity contribution in [3.05, 3.63) is 42.4 Å². The van der Waals surface area contributed by atoms with Gasteiger partial charge >= 0.3 is 0 Å². The molecule has 7 heteroatoms. The fraction of sp³-hybridized carbons (Fsp3) is 0.421. The molecular formula is C19H22N4O2S. The Morgan fingerprint density at radius 1 is 1.31 bits per heavy atom. The van der Waals surface area contributed by atoms with E-state index in [1.807, 2.05) is 42.1 Å². The van der Waals surface area contributed by atoms with Crippen LogP contribution in [0.15, 0.2) is 45.9 Å². The number of nitrogens with one attached hydrogen (secondary N) is 1. The van der Waals surface area contributed by atoms with Crippen LogP contribution >= 0.6 is 11.8 Å². The number of carbonyl (C=O) groups is 1. The second-order valence-corrected chi connectivity index (χ2v) is 7.58. The number of aliphatic imine (C=N–C) groups is 1. The minimum atomic E-state index is 0.0485. The molecule has 6 nitrogen and oxygen atoms in total. The van der Waals surface area contributed by atoms with Crippen molar-refractivity contribution in [3.63, 3.8) is 0 Å². The van der Waals surface area contributed by atoms with Crippen LogP contribution < -0.4 is 5.32 Å². The van der Waals surface area contributed by atoms with Crippen LogP contribution in [0.25, 0.3) is 11.3 Å². The van der Waals surface area contributed by atoms with E-state index in [1.165, 1.54) is 0 Å². The summed E-state index contributed by atoms with van der Waals surface area (Å²) in [6.07, 6.45) is 3.78. The van der Waals surface area contributed by atoms with Crippen molar-refractivity contribution in [2.75, 3.05) is 25.4 Å². The standard InChI is InChI=1S/C19H22N4O2S/c24-17(22-15-12-23(13-15)19-20-9-4-10-26-19)7-8-18-21-11-16(25-18)14-5-2-1-3-6-14/h1-3,5-6,11,15H,4,7-10,12-13H2,(H,22,24). The molecule has 1 fully saturated rings. The van der Waals surface area contributed by atoms with Crippen molar-refractivity contribution in [2.45, 2.75) is 25.3 Å². The van der Waals surface area contributed by atoms with Gasteiger partial charge in [0.05, 0.1) is 12.2 Å². The number of rotatable bonds is 5. The number of aromatic nitrogens is 1. The minimum absolute atomic E-state index is 0.0485. The molecule has 2 aliphatic heterocycles. The number of aryl methyl sites for hydroxylation is 1. The van der Waals surface area contributed by atoms with E-state index in [0.717, 1.165) is 48.3 Å². The second kappa shape index (κ2) is 7.95. The van der Waals surface area contributed by atoms with Crippen LogP contribution in [0.4, 0.5) is 0 Å². The molecule has 0 atom stereocenters. The average Bonchev–Trinajstić information content (AvgIpc) is 3.13. The van der Waals surface area contributed by atoms with Gasteiger partial charge in [-0.25, -0.2) is 4.98 Å². The van der Waals surface area contributed by atoms with E-state index in [9.17, 15) is 4.79 Å². The third-order valence-electron chi connectivity index (χ3n) is 4.48. The largest absolute Gasteiger partial charge is 0.441 e. The highest BCUT2D eigenvalue weighted by atomic mass is 32.2. The Balaban J connectivity index is 1.20. The first-order valence-electron chi connectivity index (χ1n) is 8.99. The zero-order chi connectivity index (χ0) is 17.8. The number of amidine groups is 1. The quantitative estimate of drug-likeness (QED) is 0.876. The summed E-state index contributed by atoms with van der Waals surface area (Å²) in [5, 5.41) is 4.21. The molecule has 0 aliphatic carbocycles. The van der Waals surface area contributed by atoms with E-state index in [4.69, 9.17) is 4.42 Å². The normalized spacial score (nSPS) is 17.5. The lowest BCUT2D eigenvalue weighted by molar-refractivity contribution is -0.122. The van der Waals surface area contributed by atoms with E-state index >= 15 is 0 Å². The van der Waals surface area contributed by atoms with Gasteiger partial charge in [-0.05, 0) is 6.42 Å². The Morgan fingerprint density at radius 2 is 2.15 bits per heavy atom. The molecule has 0 radical (unpaired) electrons. The number of amides is 1. The lowest BCUT2D eigenvalue weighted by Gasteiger charge is -2.41. The lowest BCUT2D eigenvalue weighted by atomic mass is 10.1. The van der Waals surface area contributed by atoms with Crippen molar-refractivity contribution in [1.82, 2.24) is 15.2 Å². The summed E-state index contributed by atoms with van der Waals surface area (Å²) in [6, 6.07) is 10.1. The maximum atomic E-state index is 12.1. The molecule has 1 N–H and O–H groups in total. The van der Waals surface area contributed by atoms with E-state index in [0.29, 0.717) is 18.7 Å². The van der Waals surface area contributed by atoms with E-state index < -0.39 is 0 Å². The van der Waals surface area contributed by atoms with Gasteiger partial charge in [-0.3, -0.25) is 9.79 Å². The zero-order valence-corrected chi connectivity index (χ0v) is 15.4. The third kappa shape index (κ3) is 4.09. The number of likely N-dealkylation sites (tertiary alicyclic amines) is 1. The Morgan fingerprint density at radius 3 is 2.92 bits per heavy atom. The Labute approximate surface area is 157 Å². The number of benzene rings is 1. The number of nitrogens with zero attached hydrogens (tertiary/aromatic N) is 3. The van der Waals surface area contributed by atoms with Crippen molar-refractivity contribution in [2.24, 2.45) is 4.99 Å². The fourth-order valence-electron chi connectivity index (χ4n) is 3.05. The zero-order valence-electron chi connectivity index (χ0n) is 14.6. The molecule has 2 aromatic rings. The smallest absolute Gasteiger partial charge is 0.220 e. The molecule has 2 aliphatic rings. The SMILES string of the molecule is O=C(CCc1ncc(-c2ccccc2)o1)NC1CN(C2=NCCCS2)C1. The lowest BCUT2D eigenvalue weighted by Crippen LogP contribution is -2.60.